The summed E-state index contributed by atoms with van der Waals surface area (Å²) >= 11 is 0. The van der Waals surface area contributed by atoms with Crippen LogP contribution in [0.4, 0.5) is 0 Å². The SMILES string of the molecule is O=C(O)C1CC1c1ccco1. The van der Waals surface area contributed by atoms with Crippen molar-refractivity contribution in [3.05, 3.63) is 24.2 Å². The first-order chi connectivity index (χ1) is 5.29. The van der Waals surface area contributed by atoms with E-state index in [9.17, 15) is 4.79 Å². The first kappa shape index (κ1) is 6.46. The molecule has 3 nitrogen and oxygen atoms in total. The van der Waals surface area contributed by atoms with Crippen molar-refractivity contribution in [3.63, 3.8) is 0 Å². The number of carbonyl (C=O) groups is 1. The Morgan fingerprint density at radius 3 is 3.00 bits per heavy atom. The summed E-state index contributed by atoms with van der Waals surface area (Å²) in [6.07, 6.45) is 2.30. The van der Waals surface area contributed by atoms with Crippen LogP contribution >= 0.6 is 0 Å². The summed E-state index contributed by atoms with van der Waals surface area (Å²) < 4.78 is 5.07. The minimum Gasteiger partial charge on any atom is -0.481 e. The third kappa shape index (κ3) is 1.02. The van der Waals surface area contributed by atoms with Gasteiger partial charge in [0.2, 0.25) is 0 Å². The molecule has 1 fully saturated rings. The highest BCUT2D eigenvalue weighted by Gasteiger charge is 2.45. The Kier molecular flexibility index (Phi) is 1.24. The molecule has 0 aromatic carbocycles. The third-order valence-electron chi connectivity index (χ3n) is 2.02. The Morgan fingerprint density at radius 1 is 1.73 bits per heavy atom. The van der Waals surface area contributed by atoms with Crippen LogP contribution in [0.3, 0.4) is 0 Å². The van der Waals surface area contributed by atoms with Crippen molar-refractivity contribution in [2.75, 3.05) is 0 Å². The maximum absolute atomic E-state index is 10.4. The normalized spacial score (nSPS) is 28.4. The van der Waals surface area contributed by atoms with Crippen LogP contribution in [0.5, 0.6) is 0 Å². The molecular weight excluding hydrogens is 144 g/mol. The number of rotatable bonds is 2. The first-order valence-corrected chi connectivity index (χ1v) is 3.55. The fraction of sp³-hybridized carbons (Fsp3) is 0.375. The number of furan rings is 1. The van der Waals surface area contributed by atoms with Gasteiger partial charge in [-0.25, -0.2) is 0 Å². The van der Waals surface area contributed by atoms with E-state index in [4.69, 9.17) is 9.52 Å². The molecule has 1 aromatic heterocycles. The largest absolute Gasteiger partial charge is 0.481 e. The van der Waals surface area contributed by atoms with Gasteiger partial charge in [-0.2, -0.15) is 0 Å². The molecule has 2 atom stereocenters. The average molecular weight is 152 g/mol. The van der Waals surface area contributed by atoms with Crippen molar-refractivity contribution in [2.24, 2.45) is 5.92 Å². The summed E-state index contributed by atoms with van der Waals surface area (Å²) in [5, 5.41) is 8.58. The predicted molar refractivity (Wildman–Crippen MR) is 37.2 cm³/mol. The molecule has 0 amide bonds. The molecule has 0 bridgehead atoms. The van der Waals surface area contributed by atoms with Crippen LogP contribution in [0.1, 0.15) is 18.1 Å². The van der Waals surface area contributed by atoms with Gasteiger partial charge in [-0.3, -0.25) is 4.79 Å². The Balaban J connectivity index is 2.08. The minimum absolute atomic E-state index is 0.127. The molecule has 0 radical (unpaired) electrons. The summed E-state index contributed by atoms with van der Waals surface area (Å²) in [7, 11) is 0. The van der Waals surface area contributed by atoms with Gasteiger partial charge in [0.05, 0.1) is 12.2 Å². The highest BCUT2D eigenvalue weighted by Crippen LogP contribution is 2.47. The van der Waals surface area contributed by atoms with E-state index in [2.05, 4.69) is 0 Å². The monoisotopic (exact) mass is 152 g/mol. The lowest BCUT2D eigenvalue weighted by molar-refractivity contribution is -0.138. The van der Waals surface area contributed by atoms with Gasteiger partial charge in [0.25, 0.3) is 0 Å². The number of carboxylic acids is 1. The van der Waals surface area contributed by atoms with Gasteiger partial charge in [0.1, 0.15) is 5.76 Å². The van der Waals surface area contributed by atoms with E-state index in [1.807, 2.05) is 6.07 Å². The van der Waals surface area contributed by atoms with Crippen molar-refractivity contribution < 1.29 is 14.3 Å². The molecular formula is C8H8O3. The van der Waals surface area contributed by atoms with Crippen LogP contribution in [0.15, 0.2) is 22.8 Å². The summed E-state index contributed by atoms with van der Waals surface area (Å²) in [6, 6.07) is 3.61. The Morgan fingerprint density at radius 2 is 2.55 bits per heavy atom. The van der Waals surface area contributed by atoms with Crippen molar-refractivity contribution in [2.45, 2.75) is 12.3 Å². The highest BCUT2D eigenvalue weighted by molar-refractivity contribution is 5.74. The summed E-state index contributed by atoms with van der Waals surface area (Å²) in [5.74, 6) is 0.00690. The van der Waals surface area contributed by atoms with Crippen molar-refractivity contribution >= 4 is 5.97 Å². The van der Waals surface area contributed by atoms with E-state index >= 15 is 0 Å². The lowest BCUT2D eigenvalue weighted by Crippen LogP contribution is -1.98. The number of hydrogen-bond donors (Lipinski definition) is 1. The molecule has 11 heavy (non-hydrogen) atoms. The second-order valence-electron chi connectivity index (χ2n) is 2.80. The maximum Gasteiger partial charge on any atom is 0.307 e. The molecule has 2 unspecified atom stereocenters. The van der Waals surface area contributed by atoms with Gasteiger partial charge < -0.3 is 9.52 Å². The van der Waals surface area contributed by atoms with Gasteiger partial charge in [-0.1, -0.05) is 0 Å². The molecule has 1 heterocycles. The van der Waals surface area contributed by atoms with Gasteiger partial charge in [-0.15, -0.1) is 0 Å². The summed E-state index contributed by atoms with van der Waals surface area (Å²) in [5.41, 5.74) is 0. The molecule has 1 aliphatic rings. The van der Waals surface area contributed by atoms with Crippen LogP contribution in [0.2, 0.25) is 0 Å². The fourth-order valence-corrected chi connectivity index (χ4v) is 1.28. The van der Waals surface area contributed by atoms with Crippen molar-refractivity contribution in [3.8, 4) is 0 Å². The third-order valence-corrected chi connectivity index (χ3v) is 2.02. The van der Waals surface area contributed by atoms with Crippen LogP contribution in [-0.2, 0) is 4.79 Å². The lowest BCUT2D eigenvalue weighted by atomic mass is 10.2. The van der Waals surface area contributed by atoms with Crippen LogP contribution < -0.4 is 0 Å². The Bertz CT molecular complexity index is 263. The number of hydrogen-bond acceptors (Lipinski definition) is 2. The van der Waals surface area contributed by atoms with E-state index in [-0.39, 0.29) is 11.8 Å². The first-order valence-electron chi connectivity index (χ1n) is 3.55. The summed E-state index contributed by atoms with van der Waals surface area (Å²) in [4.78, 5) is 10.4. The van der Waals surface area contributed by atoms with E-state index in [1.54, 1.807) is 12.3 Å². The minimum atomic E-state index is -0.716. The molecule has 0 aliphatic heterocycles. The highest BCUT2D eigenvalue weighted by atomic mass is 16.4. The molecule has 2 rings (SSSR count). The quantitative estimate of drug-likeness (QED) is 0.698. The van der Waals surface area contributed by atoms with Crippen molar-refractivity contribution in [1.82, 2.24) is 0 Å². The molecule has 1 N–H and O–H groups in total. The van der Waals surface area contributed by atoms with Crippen LogP contribution in [-0.4, -0.2) is 11.1 Å². The zero-order chi connectivity index (χ0) is 7.84. The molecule has 1 aromatic rings. The topological polar surface area (TPSA) is 50.4 Å². The van der Waals surface area contributed by atoms with E-state index in [0.29, 0.717) is 0 Å². The zero-order valence-electron chi connectivity index (χ0n) is 5.86. The van der Waals surface area contributed by atoms with Crippen LogP contribution in [0, 0.1) is 5.92 Å². The van der Waals surface area contributed by atoms with Crippen molar-refractivity contribution in [1.29, 1.82) is 0 Å². The standard InChI is InChI=1S/C8H8O3/c9-8(10)6-4-5(6)7-2-1-3-11-7/h1-3,5-6H,4H2,(H,9,10). The smallest absolute Gasteiger partial charge is 0.307 e. The second kappa shape index (κ2) is 2.12. The molecule has 0 spiro atoms. The number of carboxylic acid groups (broad SMARTS) is 1. The fourth-order valence-electron chi connectivity index (χ4n) is 1.28. The Labute approximate surface area is 63.6 Å². The lowest BCUT2D eigenvalue weighted by Gasteiger charge is -1.88. The molecule has 3 heteroatoms. The number of aliphatic carboxylic acids is 1. The van der Waals surface area contributed by atoms with Gasteiger partial charge in [0, 0.05) is 5.92 Å². The van der Waals surface area contributed by atoms with Gasteiger partial charge >= 0.3 is 5.97 Å². The zero-order valence-corrected chi connectivity index (χ0v) is 5.86. The Hall–Kier alpha value is -1.25. The molecule has 0 saturated heterocycles. The summed E-state index contributed by atoms with van der Waals surface area (Å²) in [6.45, 7) is 0. The van der Waals surface area contributed by atoms with E-state index in [0.717, 1.165) is 12.2 Å². The average Bonchev–Trinajstić information content (AvgIpc) is 2.60. The van der Waals surface area contributed by atoms with Crippen LogP contribution in [0.25, 0.3) is 0 Å². The van der Waals surface area contributed by atoms with E-state index < -0.39 is 5.97 Å². The molecule has 1 saturated carbocycles. The second-order valence-corrected chi connectivity index (χ2v) is 2.80. The van der Waals surface area contributed by atoms with Gasteiger partial charge in [-0.05, 0) is 18.6 Å². The maximum atomic E-state index is 10.4. The molecule has 1 aliphatic carbocycles. The predicted octanol–water partition coefficient (Wildman–Crippen LogP) is 1.47. The molecule has 58 valence electrons. The van der Waals surface area contributed by atoms with Gasteiger partial charge in [0.15, 0.2) is 0 Å². The van der Waals surface area contributed by atoms with E-state index in [1.165, 1.54) is 0 Å².